The van der Waals surface area contributed by atoms with Gasteiger partial charge in [0.1, 0.15) is 0 Å². The quantitative estimate of drug-likeness (QED) is 0.819. The van der Waals surface area contributed by atoms with Crippen LogP contribution in [0.25, 0.3) is 0 Å². The summed E-state index contributed by atoms with van der Waals surface area (Å²) in [6, 6.07) is 4.93. The lowest BCUT2D eigenvalue weighted by Crippen LogP contribution is -2.06. The van der Waals surface area contributed by atoms with Crippen molar-refractivity contribution in [2.75, 3.05) is 5.73 Å². The maximum absolute atomic E-state index is 13.6. The van der Waals surface area contributed by atoms with Crippen molar-refractivity contribution in [2.45, 2.75) is 13.5 Å². The summed E-state index contributed by atoms with van der Waals surface area (Å²) in [5.41, 5.74) is 6.94. The molecule has 0 aliphatic heterocycles. The van der Waals surface area contributed by atoms with E-state index in [2.05, 4.69) is 5.10 Å². The zero-order valence-electron chi connectivity index (χ0n) is 8.74. The van der Waals surface area contributed by atoms with Crippen LogP contribution >= 0.6 is 11.6 Å². The Bertz CT molecular complexity index is 522. The fourth-order valence-corrected chi connectivity index (χ4v) is 1.61. The summed E-state index contributed by atoms with van der Waals surface area (Å²) in [5, 5.41) is 4.63. The second-order valence-corrected chi connectivity index (χ2v) is 3.96. The topological polar surface area (TPSA) is 43.8 Å². The normalized spacial score (nSPS) is 10.7. The standard InChI is InChI=1S/C11H11ClFN3/c1-7-9(12)5-15-16(7)6-8-3-2-4-10(14)11(8)13/h2-5H,6,14H2,1H3. The highest BCUT2D eigenvalue weighted by Gasteiger charge is 2.09. The second-order valence-electron chi connectivity index (χ2n) is 3.56. The molecule has 3 nitrogen and oxygen atoms in total. The van der Waals surface area contributed by atoms with Gasteiger partial charge in [-0.2, -0.15) is 5.10 Å². The van der Waals surface area contributed by atoms with Crippen LogP contribution in [0, 0.1) is 12.7 Å². The zero-order chi connectivity index (χ0) is 11.7. The molecule has 0 atom stereocenters. The Kier molecular flexibility index (Phi) is 2.83. The number of rotatable bonds is 2. The van der Waals surface area contributed by atoms with E-state index in [-0.39, 0.29) is 5.69 Å². The number of nitrogens with zero attached hydrogens (tertiary/aromatic N) is 2. The summed E-state index contributed by atoms with van der Waals surface area (Å²) in [6.07, 6.45) is 1.54. The molecule has 0 saturated carbocycles. The first kappa shape index (κ1) is 11.0. The average molecular weight is 240 g/mol. The molecule has 0 radical (unpaired) electrons. The van der Waals surface area contributed by atoms with Gasteiger partial charge >= 0.3 is 0 Å². The van der Waals surface area contributed by atoms with Crippen LogP contribution < -0.4 is 5.73 Å². The highest BCUT2D eigenvalue weighted by Crippen LogP contribution is 2.18. The van der Waals surface area contributed by atoms with Crippen LogP contribution in [0.1, 0.15) is 11.3 Å². The van der Waals surface area contributed by atoms with E-state index in [0.29, 0.717) is 17.1 Å². The van der Waals surface area contributed by atoms with E-state index >= 15 is 0 Å². The van der Waals surface area contributed by atoms with Gasteiger partial charge in [0.25, 0.3) is 0 Å². The van der Waals surface area contributed by atoms with Gasteiger partial charge < -0.3 is 5.73 Å². The minimum Gasteiger partial charge on any atom is -0.396 e. The fourth-order valence-electron chi connectivity index (χ4n) is 1.47. The third kappa shape index (κ3) is 1.88. The van der Waals surface area contributed by atoms with Crippen molar-refractivity contribution in [3.63, 3.8) is 0 Å². The molecule has 0 saturated heterocycles. The number of anilines is 1. The first-order valence-electron chi connectivity index (χ1n) is 4.80. The van der Waals surface area contributed by atoms with Crippen LogP contribution in [-0.2, 0) is 6.54 Å². The van der Waals surface area contributed by atoms with Gasteiger partial charge in [0.05, 0.1) is 29.1 Å². The molecule has 2 rings (SSSR count). The molecule has 2 N–H and O–H groups in total. The third-order valence-corrected chi connectivity index (χ3v) is 2.84. The molecule has 1 aromatic heterocycles. The smallest absolute Gasteiger partial charge is 0.151 e. The van der Waals surface area contributed by atoms with E-state index in [9.17, 15) is 4.39 Å². The zero-order valence-corrected chi connectivity index (χ0v) is 9.50. The van der Waals surface area contributed by atoms with Crippen molar-refractivity contribution >= 4 is 17.3 Å². The van der Waals surface area contributed by atoms with Crippen LogP contribution in [0.2, 0.25) is 5.02 Å². The number of benzene rings is 1. The third-order valence-electron chi connectivity index (χ3n) is 2.47. The number of aromatic nitrogens is 2. The Morgan fingerprint density at radius 3 is 2.88 bits per heavy atom. The number of nitrogen functional groups attached to an aromatic ring is 1. The summed E-state index contributed by atoms with van der Waals surface area (Å²) in [4.78, 5) is 0. The second kappa shape index (κ2) is 4.14. The Labute approximate surface area is 97.6 Å². The highest BCUT2D eigenvalue weighted by molar-refractivity contribution is 6.31. The predicted octanol–water partition coefficient (Wildman–Crippen LogP) is 2.61. The van der Waals surface area contributed by atoms with Gasteiger partial charge in [0.15, 0.2) is 5.82 Å². The number of halogens is 2. The molecule has 16 heavy (non-hydrogen) atoms. The Morgan fingerprint density at radius 2 is 2.25 bits per heavy atom. The van der Waals surface area contributed by atoms with Gasteiger partial charge in [0.2, 0.25) is 0 Å². The highest BCUT2D eigenvalue weighted by atomic mass is 35.5. The number of hydrogen-bond acceptors (Lipinski definition) is 2. The van der Waals surface area contributed by atoms with Crippen molar-refractivity contribution < 1.29 is 4.39 Å². The molecular weight excluding hydrogens is 229 g/mol. The van der Waals surface area contributed by atoms with Crippen LogP contribution in [0.15, 0.2) is 24.4 Å². The van der Waals surface area contributed by atoms with Gasteiger partial charge in [-0.05, 0) is 13.0 Å². The van der Waals surface area contributed by atoms with Gasteiger partial charge in [-0.1, -0.05) is 23.7 Å². The summed E-state index contributed by atoms with van der Waals surface area (Å²) in [5.74, 6) is -0.395. The van der Waals surface area contributed by atoms with Crippen molar-refractivity contribution in [3.05, 3.63) is 46.5 Å². The molecule has 84 valence electrons. The molecular formula is C11H11ClFN3. The summed E-state index contributed by atoms with van der Waals surface area (Å²) in [7, 11) is 0. The maximum atomic E-state index is 13.6. The average Bonchev–Trinajstić information content (AvgIpc) is 2.57. The largest absolute Gasteiger partial charge is 0.396 e. The minimum absolute atomic E-state index is 0.147. The maximum Gasteiger partial charge on any atom is 0.151 e. The molecule has 2 aromatic rings. The lowest BCUT2D eigenvalue weighted by atomic mass is 10.2. The first-order valence-corrected chi connectivity index (χ1v) is 5.18. The van der Waals surface area contributed by atoms with Crippen LogP contribution in [0.5, 0.6) is 0 Å². The van der Waals surface area contributed by atoms with E-state index in [4.69, 9.17) is 17.3 Å². The summed E-state index contributed by atoms with van der Waals surface area (Å²) in [6.45, 7) is 2.16. The Hall–Kier alpha value is -1.55. The lowest BCUT2D eigenvalue weighted by Gasteiger charge is -2.07. The molecule has 0 amide bonds. The molecule has 1 heterocycles. The SMILES string of the molecule is Cc1c(Cl)cnn1Cc1cccc(N)c1F. The van der Waals surface area contributed by atoms with E-state index in [1.807, 2.05) is 6.92 Å². The summed E-state index contributed by atoms with van der Waals surface area (Å²) >= 11 is 5.86. The Balaban J connectivity index is 2.34. The monoisotopic (exact) mass is 239 g/mol. The first-order chi connectivity index (χ1) is 7.59. The molecule has 5 heteroatoms. The predicted molar refractivity (Wildman–Crippen MR) is 61.9 cm³/mol. The van der Waals surface area contributed by atoms with Crippen molar-refractivity contribution in [1.82, 2.24) is 9.78 Å². The fraction of sp³-hybridized carbons (Fsp3) is 0.182. The molecule has 0 aliphatic rings. The van der Waals surface area contributed by atoms with Crippen molar-refractivity contribution in [1.29, 1.82) is 0 Å². The van der Waals surface area contributed by atoms with Gasteiger partial charge in [-0.25, -0.2) is 4.39 Å². The van der Waals surface area contributed by atoms with Crippen LogP contribution in [0.4, 0.5) is 10.1 Å². The van der Waals surface area contributed by atoms with Crippen LogP contribution in [0.3, 0.4) is 0 Å². The molecule has 0 spiro atoms. The molecule has 0 unspecified atom stereocenters. The van der Waals surface area contributed by atoms with Gasteiger partial charge in [-0.3, -0.25) is 4.68 Å². The van der Waals surface area contributed by atoms with E-state index in [0.717, 1.165) is 5.69 Å². The van der Waals surface area contributed by atoms with Gasteiger partial charge in [0, 0.05) is 5.56 Å². The van der Waals surface area contributed by atoms with Crippen molar-refractivity contribution in [3.8, 4) is 0 Å². The number of hydrogen-bond donors (Lipinski definition) is 1. The van der Waals surface area contributed by atoms with Crippen molar-refractivity contribution in [2.24, 2.45) is 0 Å². The molecule has 1 aromatic carbocycles. The lowest BCUT2D eigenvalue weighted by molar-refractivity contribution is 0.584. The molecule has 0 fully saturated rings. The molecule has 0 aliphatic carbocycles. The van der Waals surface area contributed by atoms with Gasteiger partial charge in [-0.15, -0.1) is 0 Å². The molecule has 0 bridgehead atoms. The summed E-state index contributed by atoms with van der Waals surface area (Å²) < 4.78 is 15.3. The van der Waals surface area contributed by atoms with E-state index in [1.54, 1.807) is 23.0 Å². The van der Waals surface area contributed by atoms with E-state index in [1.165, 1.54) is 6.07 Å². The van der Waals surface area contributed by atoms with Crippen LogP contribution in [-0.4, -0.2) is 9.78 Å². The minimum atomic E-state index is -0.395. The number of nitrogens with two attached hydrogens (primary N) is 1. The Morgan fingerprint density at radius 1 is 1.50 bits per heavy atom. The van der Waals surface area contributed by atoms with E-state index < -0.39 is 5.82 Å².